The van der Waals surface area contributed by atoms with Gasteiger partial charge in [-0.25, -0.2) is 0 Å². The summed E-state index contributed by atoms with van der Waals surface area (Å²) in [4.78, 5) is 22.4. The Morgan fingerprint density at radius 3 is 2.70 bits per heavy atom. The van der Waals surface area contributed by atoms with Crippen molar-refractivity contribution in [2.75, 3.05) is 11.9 Å². The van der Waals surface area contributed by atoms with Gasteiger partial charge in [0.1, 0.15) is 0 Å². The summed E-state index contributed by atoms with van der Waals surface area (Å²) >= 11 is 0. The van der Waals surface area contributed by atoms with Gasteiger partial charge < -0.3 is 14.8 Å². The van der Waals surface area contributed by atoms with E-state index in [0.717, 1.165) is 5.69 Å². The molecule has 0 bridgehead atoms. The van der Waals surface area contributed by atoms with Crippen LogP contribution in [0.1, 0.15) is 13.8 Å². The van der Waals surface area contributed by atoms with Crippen molar-refractivity contribution < 1.29 is 19.1 Å². The summed E-state index contributed by atoms with van der Waals surface area (Å²) in [6, 6.07) is 9.48. The molecule has 0 saturated carbocycles. The Morgan fingerprint density at radius 1 is 1.35 bits per heavy atom. The summed E-state index contributed by atoms with van der Waals surface area (Å²) < 4.78 is 11.0. The van der Waals surface area contributed by atoms with Crippen LogP contribution in [0.5, 0.6) is 0 Å². The largest absolute Gasteiger partial charge is 0.362 e. The number of Topliss-reactive ketones (excluding diaryl/α,β-unsaturated/α-hetero) is 1. The fourth-order valence-corrected chi connectivity index (χ4v) is 1.86. The molecule has 0 radical (unpaired) electrons. The maximum absolute atomic E-state index is 11.7. The molecule has 20 heavy (non-hydrogen) atoms. The fraction of sp³-hybridized carbons (Fsp3) is 0.333. The van der Waals surface area contributed by atoms with Gasteiger partial charge in [0.05, 0.1) is 6.61 Å². The topological polar surface area (TPSA) is 64.6 Å². The number of ketones is 1. The zero-order valence-electron chi connectivity index (χ0n) is 11.5. The van der Waals surface area contributed by atoms with Crippen molar-refractivity contribution in [1.82, 2.24) is 0 Å². The number of anilines is 1. The van der Waals surface area contributed by atoms with E-state index in [1.54, 1.807) is 20.0 Å². The Morgan fingerprint density at radius 2 is 2.05 bits per heavy atom. The third-order valence-electron chi connectivity index (χ3n) is 2.90. The molecule has 1 aromatic carbocycles. The number of carbonyl (C=O) groups excluding carboxylic acids is 2. The second-order valence-electron chi connectivity index (χ2n) is 4.94. The molecule has 1 atom stereocenters. The molecule has 2 rings (SSSR count). The lowest BCUT2D eigenvalue weighted by Crippen LogP contribution is -2.45. The second kappa shape index (κ2) is 5.98. The summed E-state index contributed by atoms with van der Waals surface area (Å²) in [6.07, 6.45) is 1.03. The summed E-state index contributed by atoms with van der Waals surface area (Å²) in [5, 5.41) is 3.06. The van der Waals surface area contributed by atoms with Gasteiger partial charge in [0.2, 0.25) is 5.78 Å². The van der Waals surface area contributed by atoms with Gasteiger partial charge >= 0.3 is 0 Å². The molecule has 1 aromatic rings. The minimum absolute atomic E-state index is 0.233. The average molecular weight is 275 g/mol. The predicted octanol–water partition coefficient (Wildman–Crippen LogP) is 1.90. The average Bonchev–Trinajstić information content (AvgIpc) is 2.45. The third kappa shape index (κ3) is 3.53. The van der Waals surface area contributed by atoms with Crippen LogP contribution < -0.4 is 5.32 Å². The predicted molar refractivity (Wildman–Crippen MR) is 74.1 cm³/mol. The Bertz CT molecular complexity index is 522. The Kier molecular flexibility index (Phi) is 4.32. The SMILES string of the molecule is CC1(C)OCC(=CNc2ccccc2)C(C(=O)C=O)O1. The van der Waals surface area contributed by atoms with Gasteiger partial charge in [0, 0.05) is 17.5 Å². The molecule has 1 N–H and O–H groups in total. The van der Waals surface area contributed by atoms with Crippen LogP contribution in [0.3, 0.4) is 0 Å². The molecule has 106 valence electrons. The van der Waals surface area contributed by atoms with Crippen molar-refractivity contribution in [3.63, 3.8) is 0 Å². The lowest BCUT2D eigenvalue weighted by atomic mass is 10.1. The number of para-hydroxylation sites is 1. The van der Waals surface area contributed by atoms with Gasteiger partial charge in [0.15, 0.2) is 18.2 Å². The normalized spacial score (nSPS) is 23.3. The number of carbonyl (C=O) groups is 2. The van der Waals surface area contributed by atoms with Crippen molar-refractivity contribution >= 4 is 17.8 Å². The monoisotopic (exact) mass is 275 g/mol. The zero-order valence-corrected chi connectivity index (χ0v) is 11.5. The summed E-state index contributed by atoms with van der Waals surface area (Å²) in [5.41, 5.74) is 1.47. The number of hydrogen-bond donors (Lipinski definition) is 1. The van der Waals surface area contributed by atoms with E-state index in [2.05, 4.69) is 5.32 Å². The molecule has 5 nitrogen and oxygen atoms in total. The van der Waals surface area contributed by atoms with Crippen LogP contribution in [-0.4, -0.2) is 30.6 Å². The molecule has 0 aliphatic carbocycles. The lowest BCUT2D eigenvalue weighted by molar-refractivity contribution is -0.247. The Labute approximate surface area is 117 Å². The van der Waals surface area contributed by atoms with Crippen molar-refractivity contribution in [3.05, 3.63) is 42.1 Å². The van der Waals surface area contributed by atoms with E-state index >= 15 is 0 Å². The molecule has 1 saturated heterocycles. The van der Waals surface area contributed by atoms with Gasteiger partial charge in [-0.3, -0.25) is 9.59 Å². The van der Waals surface area contributed by atoms with Crippen LogP contribution in [0.25, 0.3) is 0 Å². The highest BCUT2D eigenvalue weighted by Crippen LogP contribution is 2.26. The molecule has 0 spiro atoms. The second-order valence-corrected chi connectivity index (χ2v) is 4.94. The molecule has 1 aliphatic rings. The first-order valence-corrected chi connectivity index (χ1v) is 6.33. The number of rotatable bonds is 4. The van der Waals surface area contributed by atoms with Crippen LogP contribution in [0.4, 0.5) is 5.69 Å². The maximum Gasteiger partial charge on any atom is 0.228 e. The van der Waals surface area contributed by atoms with E-state index in [-0.39, 0.29) is 12.9 Å². The highest BCUT2D eigenvalue weighted by atomic mass is 16.7. The number of benzene rings is 1. The van der Waals surface area contributed by atoms with Gasteiger partial charge in [0.25, 0.3) is 0 Å². The van der Waals surface area contributed by atoms with Crippen LogP contribution in [0.2, 0.25) is 0 Å². The molecule has 1 unspecified atom stereocenters. The lowest BCUT2D eigenvalue weighted by Gasteiger charge is -2.36. The van der Waals surface area contributed by atoms with Gasteiger partial charge in [-0.15, -0.1) is 0 Å². The molecule has 5 heteroatoms. The quantitative estimate of drug-likeness (QED) is 0.671. The molecular formula is C15H17NO4. The van der Waals surface area contributed by atoms with Gasteiger partial charge in [-0.1, -0.05) is 18.2 Å². The highest BCUT2D eigenvalue weighted by Gasteiger charge is 2.36. The number of hydrogen-bond acceptors (Lipinski definition) is 5. The number of ether oxygens (including phenoxy) is 2. The Balaban J connectivity index is 2.15. The van der Waals surface area contributed by atoms with E-state index in [9.17, 15) is 9.59 Å². The number of nitrogens with one attached hydrogen (secondary N) is 1. The van der Waals surface area contributed by atoms with Crippen molar-refractivity contribution in [2.45, 2.75) is 25.7 Å². The number of aldehydes is 1. The van der Waals surface area contributed by atoms with Gasteiger partial charge in [-0.2, -0.15) is 0 Å². The van der Waals surface area contributed by atoms with Crippen LogP contribution >= 0.6 is 0 Å². The van der Waals surface area contributed by atoms with Crippen molar-refractivity contribution in [3.8, 4) is 0 Å². The van der Waals surface area contributed by atoms with Crippen molar-refractivity contribution in [2.24, 2.45) is 0 Å². The first-order valence-electron chi connectivity index (χ1n) is 6.33. The standard InChI is InChI=1S/C15H17NO4/c1-15(2)19-10-11(14(20-15)13(18)9-17)8-16-12-6-4-3-5-7-12/h3-9,14,16H,10H2,1-2H3. The molecule has 1 fully saturated rings. The molecule has 0 amide bonds. The van der Waals surface area contributed by atoms with Crippen molar-refractivity contribution in [1.29, 1.82) is 0 Å². The van der Waals surface area contributed by atoms with E-state index in [4.69, 9.17) is 9.47 Å². The van der Waals surface area contributed by atoms with Crippen LogP contribution in [0.15, 0.2) is 42.1 Å². The van der Waals surface area contributed by atoms with Gasteiger partial charge in [-0.05, 0) is 26.0 Å². The molecule has 1 heterocycles. The minimum Gasteiger partial charge on any atom is -0.362 e. The smallest absolute Gasteiger partial charge is 0.228 e. The maximum atomic E-state index is 11.7. The highest BCUT2D eigenvalue weighted by molar-refractivity contribution is 6.28. The minimum atomic E-state index is -0.896. The van der Waals surface area contributed by atoms with E-state index in [0.29, 0.717) is 5.57 Å². The summed E-state index contributed by atoms with van der Waals surface area (Å²) in [5.74, 6) is -1.49. The first-order chi connectivity index (χ1) is 9.52. The van der Waals surface area contributed by atoms with Crippen LogP contribution in [0, 0.1) is 0 Å². The fourth-order valence-electron chi connectivity index (χ4n) is 1.86. The molecular weight excluding hydrogens is 258 g/mol. The molecule has 1 aliphatic heterocycles. The van der Waals surface area contributed by atoms with E-state index in [1.807, 2.05) is 30.3 Å². The zero-order chi connectivity index (χ0) is 14.6. The summed E-state index contributed by atoms with van der Waals surface area (Å²) in [6.45, 7) is 3.65. The first kappa shape index (κ1) is 14.4. The third-order valence-corrected chi connectivity index (χ3v) is 2.90. The summed E-state index contributed by atoms with van der Waals surface area (Å²) in [7, 11) is 0. The Hall–Kier alpha value is -1.98. The van der Waals surface area contributed by atoms with E-state index < -0.39 is 17.7 Å². The van der Waals surface area contributed by atoms with E-state index in [1.165, 1.54) is 0 Å². The van der Waals surface area contributed by atoms with Crippen LogP contribution in [-0.2, 0) is 19.1 Å². The molecule has 0 aromatic heterocycles.